The van der Waals surface area contributed by atoms with E-state index in [-0.39, 0.29) is 16.2 Å². The number of sulfonamides is 1. The van der Waals surface area contributed by atoms with Gasteiger partial charge in [-0.3, -0.25) is 4.79 Å². The zero-order valence-corrected chi connectivity index (χ0v) is 17.5. The topological polar surface area (TPSA) is 80.8 Å². The summed E-state index contributed by atoms with van der Waals surface area (Å²) in [5.74, 6) is -1.14. The molecule has 0 radical (unpaired) electrons. The lowest BCUT2D eigenvalue weighted by molar-refractivity contribution is 0.0470. The van der Waals surface area contributed by atoms with Gasteiger partial charge in [-0.25, -0.2) is 13.2 Å². The highest BCUT2D eigenvalue weighted by Gasteiger charge is 2.30. The SMILES string of the molecule is Cc1ccc(C)c(C(=O)COC(=O)c2ccccc2S(=O)(=O)N2CCCCC2)c1. The number of Topliss-reactive ketones (excluding diaryl/α,β-unsaturated/α-hetero) is 1. The first kappa shape index (κ1) is 21.2. The lowest BCUT2D eigenvalue weighted by atomic mass is 10.0. The van der Waals surface area contributed by atoms with Gasteiger partial charge in [0.25, 0.3) is 0 Å². The summed E-state index contributed by atoms with van der Waals surface area (Å²) in [6, 6.07) is 11.5. The van der Waals surface area contributed by atoms with E-state index >= 15 is 0 Å². The number of ether oxygens (including phenoxy) is 1. The molecule has 1 aliphatic heterocycles. The summed E-state index contributed by atoms with van der Waals surface area (Å²) in [6.07, 6.45) is 2.60. The van der Waals surface area contributed by atoms with Gasteiger partial charge in [-0.15, -0.1) is 0 Å². The second kappa shape index (κ2) is 8.88. The van der Waals surface area contributed by atoms with Gasteiger partial charge in [-0.05, 0) is 50.5 Å². The van der Waals surface area contributed by atoms with Gasteiger partial charge < -0.3 is 4.74 Å². The molecule has 0 aliphatic carbocycles. The molecule has 0 atom stereocenters. The molecule has 29 heavy (non-hydrogen) atoms. The molecule has 7 heteroatoms. The molecule has 0 N–H and O–H groups in total. The van der Waals surface area contributed by atoms with Crippen LogP contribution in [0.2, 0.25) is 0 Å². The van der Waals surface area contributed by atoms with Crippen LogP contribution in [0.15, 0.2) is 47.4 Å². The molecule has 2 aromatic carbocycles. The second-order valence-electron chi connectivity index (χ2n) is 7.28. The molecule has 1 heterocycles. The number of carbonyl (C=O) groups excluding carboxylic acids is 2. The van der Waals surface area contributed by atoms with Crippen LogP contribution in [-0.4, -0.2) is 44.2 Å². The Bertz CT molecular complexity index is 1020. The third-order valence-corrected chi connectivity index (χ3v) is 7.02. The number of hydrogen-bond acceptors (Lipinski definition) is 5. The zero-order valence-electron chi connectivity index (χ0n) is 16.7. The quantitative estimate of drug-likeness (QED) is 0.533. The number of rotatable bonds is 6. The van der Waals surface area contributed by atoms with Crippen molar-refractivity contribution < 1.29 is 22.7 Å². The van der Waals surface area contributed by atoms with E-state index in [0.717, 1.165) is 30.4 Å². The minimum Gasteiger partial charge on any atom is -0.454 e. The van der Waals surface area contributed by atoms with Crippen LogP contribution in [0.1, 0.15) is 51.1 Å². The molecule has 0 unspecified atom stereocenters. The monoisotopic (exact) mass is 415 g/mol. The average Bonchev–Trinajstić information content (AvgIpc) is 2.74. The van der Waals surface area contributed by atoms with Crippen LogP contribution >= 0.6 is 0 Å². The van der Waals surface area contributed by atoms with Gasteiger partial charge >= 0.3 is 5.97 Å². The standard InChI is InChI=1S/C22H25NO5S/c1-16-10-11-17(2)19(14-16)20(24)15-28-22(25)18-8-4-5-9-21(18)29(26,27)23-12-6-3-7-13-23/h4-5,8-11,14H,3,6-7,12-13,15H2,1-2H3. The van der Waals surface area contributed by atoms with Crippen molar-refractivity contribution >= 4 is 21.8 Å². The van der Waals surface area contributed by atoms with E-state index in [0.29, 0.717) is 18.7 Å². The van der Waals surface area contributed by atoms with Crippen molar-refractivity contribution in [3.63, 3.8) is 0 Å². The normalized spacial score (nSPS) is 15.1. The van der Waals surface area contributed by atoms with E-state index in [1.54, 1.807) is 18.2 Å². The van der Waals surface area contributed by atoms with Gasteiger partial charge in [0.05, 0.1) is 10.5 Å². The lowest BCUT2D eigenvalue weighted by Crippen LogP contribution is -2.36. The Labute approximate surface area is 171 Å². The van der Waals surface area contributed by atoms with Crippen molar-refractivity contribution in [2.75, 3.05) is 19.7 Å². The maximum atomic E-state index is 13.0. The van der Waals surface area contributed by atoms with Gasteiger partial charge in [0, 0.05) is 18.7 Å². The molecule has 154 valence electrons. The number of aryl methyl sites for hydroxylation is 2. The Morgan fingerprint density at radius 1 is 0.966 bits per heavy atom. The van der Waals surface area contributed by atoms with Crippen LogP contribution in [0.4, 0.5) is 0 Å². The molecular formula is C22H25NO5S. The van der Waals surface area contributed by atoms with E-state index in [2.05, 4.69) is 0 Å². The van der Waals surface area contributed by atoms with E-state index in [1.807, 2.05) is 26.0 Å². The summed E-state index contributed by atoms with van der Waals surface area (Å²) in [7, 11) is -3.79. The maximum Gasteiger partial charge on any atom is 0.339 e. The van der Waals surface area contributed by atoms with Gasteiger partial charge in [0.15, 0.2) is 6.61 Å². The largest absolute Gasteiger partial charge is 0.454 e. The number of benzene rings is 2. The van der Waals surface area contributed by atoms with Crippen LogP contribution in [0, 0.1) is 13.8 Å². The number of hydrogen-bond donors (Lipinski definition) is 0. The smallest absolute Gasteiger partial charge is 0.339 e. The summed E-state index contributed by atoms with van der Waals surface area (Å²) in [6.45, 7) is 4.13. The highest BCUT2D eigenvalue weighted by molar-refractivity contribution is 7.89. The van der Waals surface area contributed by atoms with E-state index < -0.39 is 22.6 Å². The Balaban J connectivity index is 1.78. The molecule has 1 saturated heterocycles. The van der Waals surface area contributed by atoms with Gasteiger partial charge in [-0.1, -0.05) is 36.2 Å². The highest BCUT2D eigenvalue weighted by Crippen LogP contribution is 2.24. The second-order valence-corrected chi connectivity index (χ2v) is 9.18. The average molecular weight is 416 g/mol. The molecule has 2 aromatic rings. The molecule has 0 saturated carbocycles. The lowest BCUT2D eigenvalue weighted by Gasteiger charge is -2.26. The zero-order chi connectivity index (χ0) is 21.0. The van der Waals surface area contributed by atoms with Crippen molar-refractivity contribution in [3.8, 4) is 0 Å². The summed E-state index contributed by atoms with van der Waals surface area (Å²) < 4.78 is 32.6. The van der Waals surface area contributed by atoms with Crippen molar-refractivity contribution in [2.45, 2.75) is 38.0 Å². The number of nitrogens with zero attached hydrogens (tertiary/aromatic N) is 1. The predicted octanol–water partition coefficient (Wildman–Crippen LogP) is 3.52. The molecule has 0 spiro atoms. The Morgan fingerprint density at radius 3 is 2.38 bits per heavy atom. The fourth-order valence-corrected chi connectivity index (χ4v) is 5.12. The van der Waals surface area contributed by atoms with Gasteiger partial charge in [0.1, 0.15) is 0 Å². The molecule has 0 amide bonds. The van der Waals surface area contributed by atoms with Crippen LogP contribution < -0.4 is 0 Å². The summed E-state index contributed by atoms with van der Waals surface area (Å²) >= 11 is 0. The summed E-state index contributed by atoms with van der Waals surface area (Å²) in [4.78, 5) is 25.0. The Kier molecular flexibility index (Phi) is 6.49. The molecule has 6 nitrogen and oxygen atoms in total. The minimum atomic E-state index is -3.79. The first-order valence-corrected chi connectivity index (χ1v) is 11.1. The predicted molar refractivity (Wildman–Crippen MR) is 110 cm³/mol. The number of esters is 1. The molecule has 1 fully saturated rings. The van der Waals surface area contributed by atoms with Gasteiger partial charge in [0.2, 0.25) is 15.8 Å². The Morgan fingerprint density at radius 2 is 1.66 bits per heavy atom. The third-order valence-electron chi connectivity index (χ3n) is 5.07. The molecular weight excluding hydrogens is 390 g/mol. The van der Waals surface area contributed by atoms with Crippen molar-refractivity contribution in [1.29, 1.82) is 0 Å². The van der Waals surface area contributed by atoms with E-state index in [4.69, 9.17) is 4.74 Å². The van der Waals surface area contributed by atoms with Crippen LogP contribution in [-0.2, 0) is 14.8 Å². The summed E-state index contributed by atoms with van der Waals surface area (Å²) in [5, 5.41) is 0. The fourth-order valence-electron chi connectivity index (χ4n) is 3.43. The van der Waals surface area contributed by atoms with E-state index in [1.165, 1.54) is 16.4 Å². The molecule has 1 aliphatic rings. The molecule has 3 rings (SSSR count). The van der Waals surface area contributed by atoms with Gasteiger partial charge in [-0.2, -0.15) is 4.31 Å². The highest BCUT2D eigenvalue weighted by atomic mass is 32.2. The number of ketones is 1. The first-order chi connectivity index (χ1) is 13.8. The minimum absolute atomic E-state index is 0.0492. The van der Waals surface area contributed by atoms with E-state index in [9.17, 15) is 18.0 Å². The van der Waals surface area contributed by atoms with Crippen LogP contribution in [0.3, 0.4) is 0 Å². The van der Waals surface area contributed by atoms with Crippen molar-refractivity contribution in [3.05, 3.63) is 64.7 Å². The first-order valence-electron chi connectivity index (χ1n) is 9.67. The van der Waals surface area contributed by atoms with Crippen molar-refractivity contribution in [2.24, 2.45) is 0 Å². The van der Waals surface area contributed by atoms with Crippen LogP contribution in [0.5, 0.6) is 0 Å². The number of carbonyl (C=O) groups is 2. The van der Waals surface area contributed by atoms with Crippen LogP contribution in [0.25, 0.3) is 0 Å². The Hall–Kier alpha value is -2.51. The molecule has 0 bridgehead atoms. The maximum absolute atomic E-state index is 13.0. The third kappa shape index (κ3) is 4.74. The van der Waals surface area contributed by atoms with Crippen molar-refractivity contribution in [1.82, 2.24) is 4.31 Å². The molecule has 0 aromatic heterocycles. The fraction of sp³-hybridized carbons (Fsp3) is 0.364. The summed E-state index contributed by atoms with van der Waals surface area (Å²) in [5.41, 5.74) is 2.17. The number of piperidine rings is 1.